The van der Waals surface area contributed by atoms with Crippen LogP contribution in [0.2, 0.25) is 0 Å². The van der Waals surface area contributed by atoms with Crippen LogP contribution in [0.5, 0.6) is 0 Å². The summed E-state index contributed by atoms with van der Waals surface area (Å²) in [4.78, 5) is 60.6. The molecule has 1 aromatic rings. The fourth-order valence-corrected chi connectivity index (χ4v) is 3.68. The van der Waals surface area contributed by atoms with Crippen molar-refractivity contribution in [1.82, 2.24) is 15.5 Å². The zero-order valence-electron chi connectivity index (χ0n) is 16.4. The number of fused-ring (bicyclic) bond motifs is 1. The maximum atomic E-state index is 13.0. The Morgan fingerprint density at radius 2 is 1.80 bits per heavy atom. The molecule has 10 heteroatoms. The molecule has 0 saturated carbocycles. The molecule has 2 aliphatic heterocycles. The first-order chi connectivity index (χ1) is 14.4. The minimum Gasteiger partial charge on any atom is -0.465 e. The molecule has 5 amide bonds. The summed E-state index contributed by atoms with van der Waals surface area (Å²) in [6.07, 6.45) is 2.50. The summed E-state index contributed by atoms with van der Waals surface area (Å²) in [5, 5.41) is 16.2. The first-order valence-corrected chi connectivity index (χ1v) is 9.95. The van der Waals surface area contributed by atoms with Crippen molar-refractivity contribution in [1.29, 1.82) is 0 Å². The van der Waals surface area contributed by atoms with Gasteiger partial charge in [0.2, 0.25) is 11.8 Å². The number of carbonyl (C=O) groups excluding carboxylic acids is 4. The molecule has 2 heterocycles. The van der Waals surface area contributed by atoms with Crippen LogP contribution in [0.25, 0.3) is 0 Å². The van der Waals surface area contributed by atoms with Gasteiger partial charge in [0.1, 0.15) is 6.04 Å². The van der Waals surface area contributed by atoms with Crippen LogP contribution >= 0.6 is 0 Å². The van der Waals surface area contributed by atoms with Gasteiger partial charge in [-0.25, -0.2) is 4.79 Å². The van der Waals surface area contributed by atoms with Gasteiger partial charge >= 0.3 is 6.09 Å². The molecule has 1 saturated heterocycles. The molecule has 160 valence electrons. The van der Waals surface area contributed by atoms with Crippen molar-refractivity contribution in [3.05, 3.63) is 29.3 Å². The van der Waals surface area contributed by atoms with Gasteiger partial charge in [-0.3, -0.25) is 29.4 Å². The smallest absolute Gasteiger partial charge is 0.404 e. The second-order valence-corrected chi connectivity index (χ2v) is 7.25. The Hall–Kier alpha value is -3.43. The van der Waals surface area contributed by atoms with Crippen LogP contribution < -0.4 is 16.0 Å². The van der Waals surface area contributed by atoms with Crippen LogP contribution in [0.15, 0.2) is 18.2 Å². The van der Waals surface area contributed by atoms with E-state index in [1.54, 1.807) is 18.2 Å². The maximum absolute atomic E-state index is 13.0. The zero-order valence-corrected chi connectivity index (χ0v) is 16.4. The highest BCUT2D eigenvalue weighted by molar-refractivity contribution is 6.25. The highest BCUT2D eigenvalue weighted by Crippen LogP contribution is 2.32. The van der Waals surface area contributed by atoms with Gasteiger partial charge in [-0.05, 0) is 31.4 Å². The molecular formula is C20H24N4O6. The molecule has 10 nitrogen and oxygen atoms in total. The van der Waals surface area contributed by atoms with E-state index in [4.69, 9.17) is 5.11 Å². The lowest BCUT2D eigenvalue weighted by Crippen LogP contribution is -2.54. The van der Waals surface area contributed by atoms with Crippen molar-refractivity contribution in [3.8, 4) is 0 Å². The Morgan fingerprint density at radius 1 is 1.07 bits per heavy atom. The van der Waals surface area contributed by atoms with Crippen LogP contribution in [-0.4, -0.2) is 58.9 Å². The van der Waals surface area contributed by atoms with E-state index < -0.39 is 35.8 Å². The van der Waals surface area contributed by atoms with Crippen LogP contribution in [0.1, 0.15) is 59.2 Å². The number of amides is 5. The largest absolute Gasteiger partial charge is 0.465 e. The number of rotatable bonds is 9. The number of carboxylic acid groups (broad SMARTS) is 1. The van der Waals surface area contributed by atoms with Gasteiger partial charge in [0.25, 0.3) is 11.8 Å². The van der Waals surface area contributed by atoms with E-state index in [-0.39, 0.29) is 24.0 Å². The van der Waals surface area contributed by atoms with Crippen molar-refractivity contribution in [2.24, 2.45) is 0 Å². The summed E-state index contributed by atoms with van der Waals surface area (Å²) < 4.78 is 0. The van der Waals surface area contributed by atoms with Crippen molar-refractivity contribution in [2.45, 2.75) is 44.6 Å². The first kappa shape index (κ1) is 21.3. The summed E-state index contributed by atoms with van der Waals surface area (Å²) in [7, 11) is 0. The SMILES string of the molecule is O=C(O)NCCCCCCNc1cccc2c1C(=O)N(C1CCC(=O)NC1=O)C2=O. The number of piperidine rings is 1. The highest BCUT2D eigenvalue weighted by atomic mass is 16.4. The number of anilines is 1. The van der Waals surface area contributed by atoms with Crippen molar-refractivity contribution in [2.75, 3.05) is 18.4 Å². The number of nitrogens with zero attached hydrogens (tertiary/aromatic N) is 1. The van der Waals surface area contributed by atoms with Crippen molar-refractivity contribution in [3.63, 3.8) is 0 Å². The lowest BCUT2D eigenvalue weighted by molar-refractivity contribution is -0.136. The van der Waals surface area contributed by atoms with Gasteiger partial charge in [-0.15, -0.1) is 0 Å². The Morgan fingerprint density at radius 3 is 2.50 bits per heavy atom. The maximum Gasteiger partial charge on any atom is 0.404 e. The minimum atomic E-state index is -1.03. The fraction of sp³-hybridized carbons (Fsp3) is 0.450. The third kappa shape index (κ3) is 4.58. The topological polar surface area (TPSA) is 145 Å². The molecule has 30 heavy (non-hydrogen) atoms. The lowest BCUT2D eigenvalue weighted by Gasteiger charge is -2.27. The quantitative estimate of drug-likeness (QED) is 0.351. The van der Waals surface area contributed by atoms with E-state index in [1.807, 2.05) is 0 Å². The van der Waals surface area contributed by atoms with Gasteiger partial charge in [0, 0.05) is 25.2 Å². The second kappa shape index (κ2) is 9.38. The molecule has 0 bridgehead atoms. The number of hydrogen-bond donors (Lipinski definition) is 4. The standard InChI is InChI=1S/C20H24N4O6/c25-15-9-8-14(17(26)23-15)24-18(27)12-6-5-7-13(16(12)19(24)28)21-10-3-1-2-4-11-22-20(29)30/h5-7,14,21-22H,1-4,8-11H2,(H,29,30)(H,23,25,26). The minimum absolute atomic E-state index is 0.0803. The molecule has 1 aromatic carbocycles. The number of nitrogens with one attached hydrogen (secondary N) is 3. The summed E-state index contributed by atoms with van der Waals surface area (Å²) in [5.41, 5.74) is 1.03. The third-order valence-corrected chi connectivity index (χ3v) is 5.16. The van der Waals surface area contributed by atoms with E-state index >= 15 is 0 Å². The predicted molar refractivity (Wildman–Crippen MR) is 106 cm³/mol. The van der Waals surface area contributed by atoms with E-state index in [0.717, 1.165) is 30.6 Å². The average molecular weight is 416 g/mol. The third-order valence-electron chi connectivity index (χ3n) is 5.16. The van der Waals surface area contributed by atoms with Gasteiger partial charge < -0.3 is 15.7 Å². The van der Waals surface area contributed by atoms with Crippen LogP contribution in [-0.2, 0) is 9.59 Å². The molecule has 1 unspecified atom stereocenters. The van der Waals surface area contributed by atoms with Crippen molar-refractivity contribution >= 4 is 35.4 Å². The summed E-state index contributed by atoms with van der Waals surface area (Å²) in [6, 6.07) is 3.97. The van der Waals surface area contributed by atoms with Gasteiger partial charge in [0.15, 0.2) is 0 Å². The van der Waals surface area contributed by atoms with E-state index in [1.165, 1.54) is 0 Å². The number of unbranched alkanes of at least 4 members (excludes halogenated alkanes) is 3. The molecule has 3 rings (SSSR count). The highest BCUT2D eigenvalue weighted by Gasteiger charge is 2.45. The monoisotopic (exact) mass is 416 g/mol. The van der Waals surface area contributed by atoms with Crippen molar-refractivity contribution < 1.29 is 29.1 Å². The number of hydrogen-bond acceptors (Lipinski definition) is 6. The summed E-state index contributed by atoms with van der Waals surface area (Å²) in [6.45, 7) is 1.00. The van der Waals surface area contributed by atoms with Crippen LogP contribution in [0, 0.1) is 0 Å². The second-order valence-electron chi connectivity index (χ2n) is 7.25. The van der Waals surface area contributed by atoms with Gasteiger partial charge in [-0.2, -0.15) is 0 Å². The van der Waals surface area contributed by atoms with Crippen LogP contribution in [0.3, 0.4) is 0 Å². The Kier molecular flexibility index (Phi) is 6.65. The predicted octanol–water partition coefficient (Wildman–Crippen LogP) is 1.33. The Balaban J connectivity index is 1.58. The average Bonchev–Trinajstić information content (AvgIpc) is 2.95. The molecule has 0 spiro atoms. The number of carbonyl (C=O) groups is 5. The molecule has 0 radical (unpaired) electrons. The molecule has 0 aliphatic carbocycles. The Labute approximate surface area is 173 Å². The molecule has 2 aliphatic rings. The Bertz CT molecular complexity index is 884. The summed E-state index contributed by atoms with van der Waals surface area (Å²) >= 11 is 0. The molecular weight excluding hydrogens is 392 g/mol. The zero-order chi connectivity index (χ0) is 21.7. The van der Waals surface area contributed by atoms with Gasteiger partial charge in [-0.1, -0.05) is 18.9 Å². The van der Waals surface area contributed by atoms with Gasteiger partial charge in [0.05, 0.1) is 11.1 Å². The number of imide groups is 2. The summed E-state index contributed by atoms with van der Waals surface area (Å²) in [5.74, 6) is -2.10. The first-order valence-electron chi connectivity index (χ1n) is 9.95. The fourth-order valence-electron chi connectivity index (χ4n) is 3.68. The van der Waals surface area contributed by atoms with E-state index in [9.17, 15) is 24.0 Å². The normalized spacial score (nSPS) is 18.3. The molecule has 1 fully saturated rings. The van der Waals surface area contributed by atoms with E-state index in [2.05, 4.69) is 16.0 Å². The molecule has 4 N–H and O–H groups in total. The molecule has 0 aromatic heterocycles. The number of benzene rings is 1. The molecule has 1 atom stereocenters. The van der Waals surface area contributed by atoms with E-state index in [0.29, 0.717) is 18.8 Å². The lowest BCUT2D eigenvalue weighted by atomic mass is 10.0. The van der Waals surface area contributed by atoms with Crippen LogP contribution in [0.4, 0.5) is 10.5 Å².